The summed E-state index contributed by atoms with van der Waals surface area (Å²) < 4.78 is 19.7. The smallest absolute Gasteiger partial charge is 0.273 e. The fraction of sp³-hybridized carbons (Fsp3) is 0.375. The molecule has 2 aromatic rings. The highest BCUT2D eigenvalue weighted by Gasteiger charge is 2.39. The Kier molecular flexibility index (Phi) is 4.84. The second-order valence-corrected chi connectivity index (χ2v) is 6.18. The number of aliphatic hydroxyl groups is 1. The van der Waals surface area contributed by atoms with E-state index < -0.39 is 5.60 Å². The van der Waals surface area contributed by atoms with E-state index in [9.17, 15) is 14.3 Å². The maximum Gasteiger partial charge on any atom is 0.273 e. The third-order valence-electron chi connectivity index (χ3n) is 4.10. The molecule has 0 aliphatic carbocycles. The van der Waals surface area contributed by atoms with Crippen molar-refractivity contribution in [2.75, 3.05) is 26.3 Å². The van der Waals surface area contributed by atoms with Gasteiger partial charge in [0, 0.05) is 13.0 Å². The monoisotopic (exact) mass is 353 g/mol. The molecule has 6 nitrogen and oxygen atoms in total. The van der Waals surface area contributed by atoms with Crippen LogP contribution in [0.3, 0.4) is 0 Å². The number of aromatic nitrogens is 2. The van der Waals surface area contributed by atoms with Crippen LogP contribution in [-0.2, 0) is 11.2 Å². The summed E-state index contributed by atoms with van der Waals surface area (Å²) in [6, 6.07) is 6.32. The second kappa shape index (κ2) is 6.88. The molecule has 2 N–H and O–H groups in total. The number of nitrogens with zero attached hydrogens (tertiary/aromatic N) is 2. The second-order valence-electron chi connectivity index (χ2n) is 5.78. The number of H-pyrrole nitrogens is 1. The molecule has 8 heteroatoms. The van der Waals surface area contributed by atoms with Gasteiger partial charge in [-0.1, -0.05) is 29.8 Å². The molecule has 1 aromatic heterocycles. The lowest BCUT2D eigenvalue weighted by Gasteiger charge is -2.41. The molecule has 1 aromatic carbocycles. The molecule has 1 aliphatic heterocycles. The van der Waals surface area contributed by atoms with E-state index in [1.165, 1.54) is 17.2 Å². The first-order valence-electron chi connectivity index (χ1n) is 7.51. The highest BCUT2D eigenvalue weighted by atomic mass is 35.5. The zero-order chi connectivity index (χ0) is 17.2. The summed E-state index contributed by atoms with van der Waals surface area (Å²) in [5, 5.41) is 16.4. The number of hydrogen-bond donors (Lipinski definition) is 2. The molecule has 24 heavy (non-hydrogen) atoms. The van der Waals surface area contributed by atoms with Gasteiger partial charge in [-0.25, -0.2) is 4.39 Å². The third-order valence-corrected chi connectivity index (χ3v) is 4.39. The fourth-order valence-corrected chi connectivity index (χ4v) is 3.02. The number of benzene rings is 1. The van der Waals surface area contributed by atoms with E-state index >= 15 is 0 Å². The van der Waals surface area contributed by atoms with Crippen LogP contribution in [0.4, 0.5) is 4.39 Å². The first-order valence-corrected chi connectivity index (χ1v) is 7.89. The molecule has 1 amide bonds. The van der Waals surface area contributed by atoms with Crippen LogP contribution in [0.2, 0.25) is 5.02 Å². The lowest BCUT2D eigenvalue weighted by atomic mass is 9.92. The Balaban J connectivity index is 1.81. The summed E-state index contributed by atoms with van der Waals surface area (Å²) in [6.07, 6.45) is 1.52. The third kappa shape index (κ3) is 3.28. The Labute approximate surface area is 143 Å². The van der Waals surface area contributed by atoms with Gasteiger partial charge in [0.2, 0.25) is 0 Å². The maximum atomic E-state index is 13.9. The number of hydrogen-bond acceptors (Lipinski definition) is 4. The number of morpholine rings is 1. The number of amides is 1. The van der Waals surface area contributed by atoms with Gasteiger partial charge in [0.1, 0.15) is 17.1 Å². The number of ether oxygens (including phenoxy) is 1. The number of aromatic amines is 1. The maximum absolute atomic E-state index is 13.9. The lowest BCUT2D eigenvalue weighted by Crippen LogP contribution is -2.57. The number of nitrogens with one attached hydrogen (secondary N) is 1. The van der Waals surface area contributed by atoms with Crippen LogP contribution >= 0.6 is 11.6 Å². The van der Waals surface area contributed by atoms with Gasteiger partial charge in [0.25, 0.3) is 5.91 Å². The van der Waals surface area contributed by atoms with Crippen molar-refractivity contribution in [2.24, 2.45) is 0 Å². The molecule has 1 saturated heterocycles. The molecule has 0 radical (unpaired) electrons. The van der Waals surface area contributed by atoms with Crippen molar-refractivity contribution < 1.29 is 19.0 Å². The molecular formula is C16H17ClFN3O3. The quantitative estimate of drug-likeness (QED) is 0.876. The van der Waals surface area contributed by atoms with Crippen LogP contribution < -0.4 is 0 Å². The highest BCUT2D eigenvalue weighted by molar-refractivity contribution is 6.33. The summed E-state index contributed by atoms with van der Waals surface area (Å²) in [6.45, 7) is 0.396. The number of carbonyl (C=O) groups is 1. The van der Waals surface area contributed by atoms with Gasteiger partial charge in [-0.3, -0.25) is 9.89 Å². The number of aliphatic hydroxyl groups excluding tert-OH is 1. The van der Waals surface area contributed by atoms with Crippen LogP contribution in [0.5, 0.6) is 0 Å². The average Bonchev–Trinajstić information content (AvgIpc) is 3.02. The lowest BCUT2D eigenvalue weighted by molar-refractivity contribution is -0.124. The average molecular weight is 354 g/mol. The fourth-order valence-electron chi connectivity index (χ4n) is 2.85. The first kappa shape index (κ1) is 16.9. The predicted molar refractivity (Wildman–Crippen MR) is 85.4 cm³/mol. The van der Waals surface area contributed by atoms with Gasteiger partial charge in [0.05, 0.1) is 31.0 Å². The molecule has 0 bridgehead atoms. The minimum atomic E-state index is -1.05. The van der Waals surface area contributed by atoms with Crippen molar-refractivity contribution >= 4 is 17.5 Å². The van der Waals surface area contributed by atoms with Crippen LogP contribution in [-0.4, -0.2) is 58.0 Å². The molecule has 3 rings (SSSR count). The summed E-state index contributed by atoms with van der Waals surface area (Å²) in [7, 11) is 0. The molecule has 1 atom stereocenters. The molecule has 0 unspecified atom stereocenters. The zero-order valence-corrected chi connectivity index (χ0v) is 13.6. The topological polar surface area (TPSA) is 78.5 Å². The molecular weight excluding hydrogens is 337 g/mol. The van der Waals surface area contributed by atoms with E-state index in [1.807, 2.05) is 0 Å². The zero-order valence-electron chi connectivity index (χ0n) is 12.8. The first-order chi connectivity index (χ1) is 11.5. The van der Waals surface area contributed by atoms with E-state index in [0.717, 1.165) is 0 Å². The summed E-state index contributed by atoms with van der Waals surface area (Å²) >= 11 is 5.94. The van der Waals surface area contributed by atoms with Crippen LogP contribution in [0, 0.1) is 5.82 Å². The van der Waals surface area contributed by atoms with E-state index in [1.54, 1.807) is 18.2 Å². The molecule has 0 spiro atoms. The standard InChI is InChI=1S/C16H17ClFN3O3/c17-12-8-19-20-14(12)15(23)21-5-6-24-16(9-21,10-22)7-11-3-1-2-4-13(11)18/h1-4,8,22H,5-7,9-10H2,(H,19,20)/t16-/m1/s1. The summed E-state index contributed by atoms with van der Waals surface area (Å²) in [5.41, 5.74) is -0.431. The van der Waals surface area contributed by atoms with Crippen LogP contribution in [0.1, 0.15) is 16.1 Å². The summed E-state index contributed by atoms with van der Waals surface area (Å²) in [4.78, 5) is 14.1. The predicted octanol–water partition coefficient (Wildman–Crippen LogP) is 1.65. The van der Waals surface area contributed by atoms with Crippen molar-refractivity contribution in [3.8, 4) is 0 Å². The van der Waals surface area contributed by atoms with Gasteiger partial charge in [-0.2, -0.15) is 5.10 Å². The van der Waals surface area contributed by atoms with E-state index in [2.05, 4.69) is 10.2 Å². The molecule has 0 saturated carbocycles. The van der Waals surface area contributed by atoms with Gasteiger partial charge in [0.15, 0.2) is 0 Å². The van der Waals surface area contributed by atoms with E-state index in [0.29, 0.717) is 12.1 Å². The molecule has 1 aliphatic rings. The number of halogens is 2. The van der Waals surface area contributed by atoms with Crippen molar-refractivity contribution in [1.82, 2.24) is 15.1 Å². The van der Waals surface area contributed by atoms with Crippen molar-refractivity contribution in [3.05, 3.63) is 52.6 Å². The van der Waals surface area contributed by atoms with Gasteiger partial charge in [-0.05, 0) is 11.6 Å². The molecule has 128 valence electrons. The molecule has 2 heterocycles. The Morgan fingerprint density at radius 1 is 1.50 bits per heavy atom. The highest BCUT2D eigenvalue weighted by Crippen LogP contribution is 2.26. The number of rotatable bonds is 4. The van der Waals surface area contributed by atoms with E-state index in [4.69, 9.17) is 16.3 Å². The minimum Gasteiger partial charge on any atom is -0.393 e. The Hall–Kier alpha value is -1.96. The SMILES string of the molecule is O=C(c1[nH]ncc1Cl)N1CCO[C@](CO)(Cc2ccccc2F)C1. The Bertz CT molecular complexity index is 739. The number of carbonyl (C=O) groups excluding carboxylic acids is 1. The largest absolute Gasteiger partial charge is 0.393 e. The minimum absolute atomic E-state index is 0.131. The van der Waals surface area contributed by atoms with Gasteiger partial charge in [-0.15, -0.1) is 0 Å². The van der Waals surface area contributed by atoms with Crippen molar-refractivity contribution in [1.29, 1.82) is 0 Å². The molecule has 1 fully saturated rings. The Morgan fingerprint density at radius 3 is 2.96 bits per heavy atom. The summed E-state index contributed by atoms with van der Waals surface area (Å²) in [5.74, 6) is -0.693. The Morgan fingerprint density at radius 2 is 2.29 bits per heavy atom. The van der Waals surface area contributed by atoms with E-state index in [-0.39, 0.29) is 48.6 Å². The van der Waals surface area contributed by atoms with Crippen LogP contribution in [0.25, 0.3) is 0 Å². The normalized spacial score (nSPS) is 21.0. The van der Waals surface area contributed by atoms with Crippen molar-refractivity contribution in [3.63, 3.8) is 0 Å². The van der Waals surface area contributed by atoms with Gasteiger partial charge < -0.3 is 14.7 Å². The van der Waals surface area contributed by atoms with Gasteiger partial charge >= 0.3 is 0 Å². The van der Waals surface area contributed by atoms with Crippen molar-refractivity contribution in [2.45, 2.75) is 12.0 Å². The van der Waals surface area contributed by atoms with Crippen LogP contribution in [0.15, 0.2) is 30.5 Å².